The number of allylic oxidation sites excluding steroid dienone is 7. The van der Waals surface area contributed by atoms with Crippen molar-refractivity contribution in [2.24, 2.45) is 10.7 Å². The number of nitrogens with zero attached hydrogens (tertiary/aromatic N) is 1. The third-order valence-corrected chi connectivity index (χ3v) is 10.1. The molecule has 0 heterocycles. The van der Waals surface area contributed by atoms with E-state index in [1.165, 1.54) is 73.3 Å². The van der Waals surface area contributed by atoms with E-state index in [4.69, 9.17) is 15.9 Å². The molecule has 5 aromatic rings. The van der Waals surface area contributed by atoms with Gasteiger partial charge in [-0.15, -0.1) is 0 Å². The molecular formula is C46H39N3O. The second-order valence-electron chi connectivity index (χ2n) is 13.0. The van der Waals surface area contributed by atoms with Crippen LogP contribution in [0, 0.1) is 5.41 Å². The van der Waals surface area contributed by atoms with Gasteiger partial charge in [-0.1, -0.05) is 127 Å². The second kappa shape index (κ2) is 13.5. The number of aliphatic imine (C=N–C) groups is 1. The summed E-state index contributed by atoms with van der Waals surface area (Å²) in [6, 6.07) is 39.8. The van der Waals surface area contributed by atoms with Crippen LogP contribution in [-0.4, -0.2) is 18.5 Å². The van der Waals surface area contributed by atoms with Gasteiger partial charge in [-0.2, -0.15) is 0 Å². The summed E-state index contributed by atoms with van der Waals surface area (Å²) in [5.41, 5.74) is 21.1. The summed E-state index contributed by atoms with van der Waals surface area (Å²) in [5, 5.41) is 10.7. The van der Waals surface area contributed by atoms with Gasteiger partial charge in [-0.3, -0.25) is 10.4 Å². The zero-order chi connectivity index (χ0) is 34.0. The van der Waals surface area contributed by atoms with Gasteiger partial charge in [0, 0.05) is 18.0 Å². The number of benzene rings is 5. The van der Waals surface area contributed by atoms with Crippen LogP contribution >= 0.6 is 0 Å². The van der Waals surface area contributed by atoms with Crippen LogP contribution in [0.15, 0.2) is 162 Å². The van der Waals surface area contributed by atoms with Crippen LogP contribution in [0.2, 0.25) is 0 Å². The molecule has 0 radical (unpaired) electrons. The van der Waals surface area contributed by atoms with Crippen molar-refractivity contribution in [2.45, 2.75) is 31.6 Å². The number of hydrogen-bond donors (Lipinski definition) is 2. The van der Waals surface area contributed by atoms with Gasteiger partial charge in [0.2, 0.25) is 0 Å². The quantitative estimate of drug-likeness (QED) is 0.123. The molecule has 2 unspecified atom stereocenters. The second-order valence-corrected chi connectivity index (χ2v) is 13.0. The highest BCUT2D eigenvalue weighted by atomic mass is 16.5. The fourth-order valence-corrected chi connectivity index (χ4v) is 8.07. The van der Waals surface area contributed by atoms with Gasteiger partial charge in [0.1, 0.15) is 6.26 Å². The maximum absolute atomic E-state index is 8.02. The van der Waals surface area contributed by atoms with Gasteiger partial charge in [-0.05, 0) is 97.8 Å². The van der Waals surface area contributed by atoms with Crippen molar-refractivity contribution >= 4 is 34.3 Å². The zero-order valence-electron chi connectivity index (χ0n) is 28.1. The molecule has 0 saturated carbocycles. The van der Waals surface area contributed by atoms with E-state index < -0.39 is 0 Å². The molecule has 50 heavy (non-hydrogen) atoms. The lowest BCUT2D eigenvalue weighted by Gasteiger charge is -2.29. The van der Waals surface area contributed by atoms with Gasteiger partial charge < -0.3 is 10.5 Å². The SMILES string of the molecule is CCO/C=C(\N)C(=N)C=N/C=C/c1ccc(C2=CCC3C4=C2C=CCC4c2c3c(-c3ccccc3)c3ccccc3c2-c2ccccc2)cc1. The van der Waals surface area contributed by atoms with E-state index in [1.807, 2.05) is 13.0 Å². The van der Waals surface area contributed by atoms with Crippen molar-refractivity contribution in [1.82, 2.24) is 0 Å². The van der Waals surface area contributed by atoms with Crippen LogP contribution in [0.5, 0.6) is 0 Å². The van der Waals surface area contributed by atoms with E-state index in [0.717, 1.165) is 18.4 Å². The van der Waals surface area contributed by atoms with E-state index >= 15 is 0 Å². The fraction of sp³-hybridized carbons (Fsp3) is 0.130. The molecule has 0 bridgehead atoms. The van der Waals surface area contributed by atoms with Crippen LogP contribution in [-0.2, 0) is 4.74 Å². The average molecular weight is 650 g/mol. The van der Waals surface area contributed by atoms with E-state index in [1.54, 1.807) is 11.8 Å². The van der Waals surface area contributed by atoms with Crippen molar-refractivity contribution in [3.05, 3.63) is 179 Å². The minimum absolute atomic E-state index is 0.114. The van der Waals surface area contributed by atoms with Crippen molar-refractivity contribution < 1.29 is 4.74 Å². The molecule has 244 valence electrons. The van der Waals surface area contributed by atoms with Crippen molar-refractivity contribution in [3.63, 3.8) is 0 Å². The normalized spacial score (nSPS) is 18.1. The first-order chi connectivity index (χ1) is 24.6. The topological polar surface area (TPSA) is 71.5 Å². The Hall–Kier alpha value is -6.00. The molecule has 0 fully saturated rings. The highest BCUT2D eigenvalue weighted by molar-refractivity contribution is 6.36. The first-order valence-corrected chi connectivity index (χ1v) is 17.4. The van der Waals surface area contributed by atoms with Gasteiger partial charge in [0.25, 0.3) is 0 Å². The maximum atomic E-state index is 8.02. The summed E-state index contributed by atoms with van der Waals surface area (Å²) >= 11 is 0. The van der Waals surface area contributed by atoms with Crippen molar-refractivity contribution in [1.29, 1.82) is 5.41 Å². The monoisotopic (exact) mass is 649 g/mol. The summed E-state index contributed by atoms with van der Waals surface area (Å²) in [4.78, 5) is 4.25. The molecule has 3 aliphatic rings. The average Bonchev–Trinajstić information content (AvgIpc) is 3.50. The standard InChI is InChI=1S/C46H39N3O/c1-2-50-29-41(48)40(47)28-49-27-26-30-20-22-31(23-21-30)34-24-25-39-44-35(34)18-11-19-38(44)45-42(32-12-5-3-6-13-32)36-16-9-10-17-37(36)43(46(39)45)33-14-7-4-8-15-33/h3-18,20-24,26-29,38-39,47H,2,19,25,48H2,1H3/b27-26+,41-29-,47-40?,49-28?. The van der Waals surface area contributed by atoms with Crippen LogP contribution < -0.4 is 5.73 Å². The number of nitrogens with one attached hydrogen (secondary N) is 1. The van der Waals surface area contributed by atoms with Gasteiger partial charge in [0.05, 0.1) is 24.2 Å². The van der Waals surface area contributed by atoms with Crippen LogP contribution in [0.1, 0.15) is 53.9 Å². The summed E-state index contributed by atoms with van der Waals surface area (Å²) in [6.45, 7) is 2.37. The Kier molecular flexibility index (Phi) is 8.44. The lowest BCUT2D eigenvalue weighted by molar-refractivity contribution is 0.267. The highest BCUT2D eigenvalue weighted by Gasteiger charge is 2.44. The molecule has 4 nitrogen and oxygen atoms in total. The van der Waals surface area contributed by atoms with Crippen LogP contribution in [0.25, 0.3) is 44.7 Å². The largest absolute Gasteiger partial charge is 0.499 e. The molecule has 3 aliphatic carbocycles. The Morgan fingerprint density at radius 3 is 2.00 bits per heavy atom. The lowest BCUT2D eigenvalue weighted by Crippen LogP contribution is -2.11. The van der Waals surface area contributed by atoms with E-state index in [-0.39, 0.29) is 11.4 Å². The molecule has 2 atom stereocenters. The molecular weight excluding hydrogens is 611 g/mol. The van der Waals surface area contributed by atoms with E-state index in [9.17, 15) is 0 Å². The lowest BCUT2D eigenvalue weighted by atomic mass is 9.74. The first-order valence-electron chi connectivity index (χ1n) is 17.4. The Labute approximate surface area is 293 Å². The molecule has 0 amide bonds. The fourth-order valence-electron chi connectivity index (χ4n) is 8.07. The molecule has 3 N–H and O–H groups in total. The third kappa shape index (κ3) is 5.53. The number of nitrogens with two attached hydrogens (primary N) is 1. The van der Waals surface area contributed by atoms with Gasteiger partial charge in [-0.25, -0.2) is 0 Å². The van der Waals surface area contributed by atoms with E-state index in [2.05, 4.69) is 132 Å². The number of rotatable bonds is 9. The summed E-state index contributed by atoms with van der Waals surface area (Å²) in [6.07, 6.45) is 15.7. The molecule has 4 heteroatoms. The molecule has 0 saturated heterocycles. The molecule has 0 spiro atoms. The highest BCUT2D eigenvalue weighted by Crippen LogP contribution is 2.62. The molecule has 0 aromatic heterocycles. The van der Waals surface area contributed by atoms with E-state index in [0.29, 0.717) is 18.4 Å². The molecule has 8 rings (SSSR count). The smallest absolute Gasteiger partial charge is 0.108 e. The number of fused-ring (bicyclic) bond motifs is 4. The first kappa shape index (κ1) is 31.3. The van der Waals surface area contributed by atoms with Crippen molar-refractivity contribution in [2.75, 3.05) is 6.61 Å². The van der Waals surface area contributed by atoms with Crippen molar-refractivity contribution in [3.8, 4) is 22.3 Å². The Morgan fingerprint density at radius 1 is 0.780 bits per heavy atom. The number of hydrogen-bond acceptors (Lipinski definition) is 4. The Bertz CT molecular complexity index is 2200. The van der Waals surface area contributed by atoms with Gasteiger partial charge in [0.15, 0.2) is 0 Å². The number of ether oxygens (including phenoxy) is 1. The predicted molar refractivity (Wildman–Crippen MR) is 209 cm³/mol. The predicted octanol–water partition coefficient (Wildman–Crippen LogP) is 11.0. The Morgan fingerprint density at radius 2 is 1.38 bits per heavy atom. The minimum atomic E-state index is 0.114. The third-order valence-electron chi connectivity index (χ3n) is 10.1. The summed E-state index contributed by atoms with van der Waals surface area (Å²) < 4.78 is 5.16. The van der Waals surface area contributed by atoms with Crippen LogP contribution in [0.4, 0.5) is 0 Å². The summed E-state index contributed by atoms with van der Waals surface area (Å²) in [7, 11) is 0. The molecule has 5 aromatic carbocycles. The van der Waals surface area contributed by atoms with Gasteiger partial charge >= 0.3 is 0 Å². The maximum Gasteiger partial charge on any atom is 0.108 e. The molecule has 0 aliphatic heterocycles. The zero-order valence-corrected chi connectivity index (χ0v) is 28.1. The van der Waals surface area contributed by atoms with Crippen LogP contribution in [0.3, 0.4) is 0 Å². The summed E-state index contributed by atoms with van der Waals surface area (Å²) in [5.74, 6) is 0.661. The minimum Gasteiger partial charge on any atom is -0.499 e. The Balaban J connectivity index is 1.19.